The van der Waals surface area contributed by atoms with Crippen molar-refractivity contribution in [1.82, 2.24) is 0 Å². The van der Waals surface area contributed by atoms with Crippen LogP contribution in [0.2, 0.25) is 0 Å². The van der Waals surface area contributed by atoms with Gasteiger partial charge in [0.05, 0.1) is 16.8 Å². The van der Waals surface area contributed by atoms with Gasteiger partial charge >= 0.3 is 12.4 Å². The maximum absolute atomic E-state index is 12.5. The van der Waals surface area contributed by atoms with Crippen molar-refractivity contribution >= 4 is 69.4 Å². The van der Waals surface area contributed by atoms with Crippen LogP contribution in [0.4, 0.5) is 32.0 Å². The molecule has 4 rings (SSSR count). The molecule has 0 spiro atoms. The van der Waals surface area contributed by atoms with E-state index in [4.69, 9.17) is 5.73 Å². The first kappa shape index (κ1) is 32.4. The summed E-state index contributed by atoms with van der Waals surface area (Å²) in [6.45, 7) is 0. The molecule has 4 aromatic rings. The van der Waals surface area contributed by atoms with Crippen molar-refractivity contribution in [2.45, 2.75) is 19.8 Å². The molecule has 0 saturated carbocycles. The van der Waals surface area contributed by atoms with E-state index in [0.29, 0.717) is 20.2 Å². The van der Waals surface area contributed by atoms with Gasteiger partial charge in [-0.25, -0.2) is 0 Å². The number of halogens is 10. The summed E-state index contributed by atoms with van der Waals surface area (Å²) >= 11 is 13.3. The van der Waals surface area contributed by atoms with Gasteiger partial charge < -0.3 is 5.73 Å². The molecule has 0 amide bonds. The lowest BCUT2D eigenvalue weighted by molar-refractivity contribution is -0.138. The Bertz CT molecular complexity index is 1340. The Hall–Kier alpha value is -1.82. The zero-order valence-electron chi connectivity index (χ0n) is 18.4. The van der Waals surface area contributed by atoms with Crippen molar-refractivity contribution in [3.05, 3.63) is 108 Å². The number of anilines is 1. The molecule has 0 aromatic heterocycles. The van der Waals surface area contributed by atoms with Crippen molar-refractivity contribution < 1.29 is 26.3 Å². The molecule has 38 heavy (non-hydrogen) atoms. The average Bonchev–Trinajstić information content (AvgIpc) is 2.81. The van der Waals surface area contributed by atoms with Crippen molar-refractivity contribution in [3.8, 4) is 22.3 Å². The average molecular weight is 791 g/mol. The second-order valence-electron chi connectivity index (χ2n) is 7.66. The van der Waals surface area contributed by atoms with Gasteiger partial charge in [-0.2, -0.15) is 26.3 Å². The Morgan fingerprint density at radius 2 is 0.789 bits per heavy atom. The fourth-order valence-corrected chi connectivity index (χ4v) is 5.65. The first-order chi connectivity index (χ1) is 17.1. The molecule has 0 aliphatic heterocycles. The van der Waals surface area contributed by atoms with E-state index in [9.17, 15) is 26.3 Å². The summed E-state index contributed by atoms with van der Waals surface area (Å²) in [5.41, 5.74) is 8.08. The topological polar surface area (TPSA) is 26.0 Å². The lowest BCUT2D eigenvalue weighted by atomic mass is 10.0. The predicted octanol–water partition coefficient (Wildman–Crippen LogP) is 12.0. The Morgan fingerprint density at radius 3 is 1.11 bits per heavy atom. The smallest absolute Gasteiger partial charge is 0.397 e. The van der Waals surface area contributed by atoms with Gasteiger partial charge in [-0.3, -0.25) is 0 Å². The molecule has 0 fully saturated rings. The minimum absolute atomic E-state index is 0. The summed E-state index contributed by atoms with van der Waals surface area (Å²) in [6, 6.07) is 19.2. The second kappa shape index (κ2) is 13.0. The molecular formula is C27H19Br4F6N. The number of nitrogen functional groups attached to an aromatic ring is 1. The van der Waals surface area contributed by atoms with Crippen molar-refractivity contribution in [3.63, 3.8) is 0 Å². The van der Waals surface area contributed by atoms with Gasteiger partial charge in [0.15, 0.2) is 0 Å². The van der Waals surface area contributed by atoms with E-state index in [1.54, 1.807) is 12.1 Å². The third-order valence-electron chi connectivity index (χ3n) is 5.03. The van der Waals surface area contributed by atoms with Crippen LogP contribution in [0.5, 0.6) is 0 Å². The van der Waals surface area contributed by atoms with Crippen LogP contribution in [0.25, 0.3) is 22.3 Å². The first-order valence-electron chi connectivity index (χ1n) is 10.2. The van der Waals surface area contributed by atoms with Crippen LogP contribution < -0.4 is 5.73 Å². The Morgan fingerprint density at radius 1 is 0.474 bits per heavy atom. The molecule has 202 valence electrons. The van der Waals surface area contributed by atoms with E-state index in [-0.39, 0.29) is 7.43 Å². The van der Waals surface area contributed by atoms with Gasteiger partial charge in [0, 0.05) is 17.9 Å². The minimum Gasteiger partial charge on any atom is -0.397 e. The first-order valence-corrected chi connectivity index (χ1v) is 13.4. The summed E-state index contributed by atoms with van der Waals surface area (Å²) in [7, 11) is 0. The molecule has 0 aliphatic rings. The van der Waals surface area contributed by atoms with Crippen LogP contribution in [0.3, 0.4) is 0 Å². The van der Waals surface area contributed by atoms with Gasteiger partial charge in [-0.15, -0.1) is 0 Å². The Labute approximate surface area is 250 Å². The third-order valence-corrected chi connectivity index (χ3v) is 7.26. The number of benzene rings is 4. The van der Waals surface area contributed by atoms with E-state index in [1.165, 1.54) is 24.3 Å². The number of hydrogen-bond donors (Lipinski definition) is 1. The quantitative estimate of drug-likeness (QED) is 0.159. The van der Waals surface area contributed by atoms with E-state index in [0.717, 1.165) is 49.9 Å². The summed E-state index contributed by atoms with van der Waals surface area (Å²) in [6.07, 6.45) is -8.61. The molecule has 0 radical (unpaired) electrons. The third kappa shape index (κ3) is 8.59. The van der Waals surface area contributed by atoms with E-state index >= 15 is 0 Å². The lowest BCUT2D eigenvalue weighted by Crippen LogP contribution is -2.04. The molecule has 4 aromatic carbocycles. The number of nitrogens with two attached hydrogens (primary N) is 1. The van der Waals surface area contributed by atoms with E-state index in [2.05, 4.69) is 63.7 Å². The largest absolute Gasteiger partial charge is 0.416 e. The van der Waals surface area contributed by atoms with Crippen LogP contribution in [-0.4, -0.2) is 0 Å². The van der Waals surface area contributed by atoms with Crippen LogP contribution in [0.15, 0.2) is 96.8 Å². The van der Waals surface area contributed by atoms with Crippen molar-refractivity contribution in [2.24, 2.45) is 0 Å². The van der Waals surface area contributed by atoms with Gasteiger partial charge in [0.2, 0.25) is 0 Å². The molecule has 0 saturated heterocycles. The van der Waals surface area contributed by atoms with Crippen LogP contribution >= 0.6 is 63.7 Å². The molecule has 0 atom stereocenters. The van der Waals surface area contributed by atoms with Gasteiger partial charge in [-0.1, -0.05) is 63.6 Å². The van der Waals surface area contributed by atoms with Crippen LogP contribution in [0, 0.1) is 0 Å². The van der Waals surface area contributed by atoms with Gasteiger partial charge in [-0.05, 0) is 109 Å². The van der Waals surface area contributed by atoms with Gasteiger partial charge in [0.25, 0.3) is 0 Å². The summed E-state index contributed by atoms with van der Waals surface area (Å²) in [5.74, 6) is 0. The van der Waals surface area contributed by atoms with Crippen LogP contribution in [0.1, 0.15) is 18.6 Å². The van der Waals surface area contributed by atoms with E-state index in [1.807, 2.05) is 18.2 Å². The molecular weight excluding hydrogens is 772 g/mol. The fraction of sp³-hybridized carbons (Fsp3) is 0.111. The molecule has 11 heteroatoms. The summed E-state index contributed by atoms with van der Waals surface area (Å²) in [4.78, 5) is 0. The molecule has 0 bridgehead atoms. The van der Waals surface area contributed by atoms with E-state index < -0.39 is 23.5 Å². The maximum atomic E-state index is 12.5. The zero-order chi connectivity index (χ0) is 27.5. The SMILES string of the molecule is C.FC(F)(F)c1ccc(-c2cc(Br)cc(Br)c2)cc1.Nc1c(Br)cc(-c2ccc(C(F)(F)F)cc2)cc1Br. The summed E-state index contributed by atoms with van der Waals surface area (Å²) < 4.78 is 77.8. The van der Waals surface area contributed by atoms with Crippen molar-refractivity contribution in [1.29, 1.82) is 0 Å². The second-order valence-corrected chi connectivity index (χ2v) is 11.2. The fourth-order valence-electron chi connectivity index (χ4n) is 3.17. The molecule has 2 N–H and O–H groups in total. The molecule has 0 aliphatic carbocycles. The Balaban J connectivity index is 0.000000260. The predicted molar refractivity (Wildman–Crippen MR) is 156 cm³/mol. The minimum atomic E-state index is -4.32. The normalized spacial score (nSPS) is 11.3. The molecule has 0 heterocycles. The van der Waals surface area contributed by atoms with Crippen LogP contribution in [-0.2, 0) is 12.4 Å². The number of rotatable bonds is 2. The monoisotopic (exact) mass is 787 g/mol. The highest BCUT2D eigenvalue weighted by atomic mass is 79.9. The van der Waals surface area contributed by atoms with Crippen molar-refractivity contribution in [2.75, 3.05) is 5.73 Å². The highest BCUT2D eigenvalue weighted by Gasteiger charge is 2.30. The molecule has 0 unspecified atom stereocenters. The molecule has 1 nitrogen and oxygen atoms in total. The number of alkyl halides is 6. The maximum Gasteiger partial charge on any atom is 0.416 e. The zero-order valence-corrected chi connectivity index (χ0v) is 24.7. The Kier molecular flexibility index (Phi) is 11.1. The highest BCUT2D eigenvalue weighted by Crippen LogP contribution is 2.36. The standard InChI is InChI=1S/C13H8Br2F3N.C13H7Br2F3.CH4/c14-10-5-8(6-11(15)12(10)19)7-1-3-9(4-2-7)13(16,17)18;14-11-5-9(6-12(15)7-11)8-1-3-10(4-2-8)13(16,17)18;/h1-6H,19H2;1-7H;1H4. The number of hydrogen-bond acceptors (Lipinski definition) is 1. The van der Waals surface area contributed by atoms with Gasteiger partial charge in [0.1, 0.15) is 0 Å². The highest BCUT2D eigenvalue weighted by molar-refractivity contribution is 9.11. The lowest BCUT2D eigenvalue weighted by Gasteiger charge is -2.09. The summed E-state index contributed by atoms with van der Waals surface area (Å²) in [5, 5.41) is 0.